The summed E-state index contributed by atoms with van der Waals surface area (Å²) in [4.78, 5) is 13.6. The topological polar surface area (TPSA) is 90.8 Å². The number of carbonyl (C=O) groups excluding carboxylic acids is 1. The first-order valence-electron chi connectivity index (χ1n) is 7.53. The molecule has 1 aromatic carbocycles. The van der Waals surface area contributed by atoms with Crippen molar-refractivity contribution < 1.29 is 14.3 Å². The minimum absolute atomic E-state index is 0.0601. The zero-order chi connectivity index (χ0) is 17.5. The van der Waals surface area contributed by atoms with E-state index in [0.29, 0.717) is 25.4 Å². The Balaban J connectivity index is 2.91. The summed E-state index contributed by atoms with van der Waals surface area (Å²) in [6.07, 6.45) is 1.22. The van der Waals surface area contributed by atoms with Gasteiger partial charge in [0.05, 0.1) is 13.2 Å². The fourth-order valence-corrected chi connectivity index (χ4v) is 1.93. The largest absolute Gasteiger partial charge is 0.490 e. The maximum absolute atomic E-state index is 12.2. The molecule has 0 fully saturated rings. The molecule has 1 aromatic rings. The van der Waals surface area contributed by atoms with Crippen molar-refractivity contribution in [1.82, 2.24) is 4.90 Å². The molecule has 0 aromatic heterocycles. The Morgan fingerprint density at radius 3 is 2.43 bits per heavy atom. The van der Waals surface area contributed by atoms with E-state index in [1.165, 1.54) is 4.90 Å². The van der Waals surface area contributed by atoms with Gasteiger partial charge in [-0.2, -0.15) is 0 Å². The van der Waals surface area contributed by atoms with Crippen LogP contribution in [0.15, 0.2) is 30.9 Å². The second-order valence-electron chi connectivity index (χ2n) is 6.15. The second kappa shape index (κ2) is 8.55. The van der Waals surface area contributed by atoms with Gasteiger partial charge in [-0.15, -0.1) is 0 Å². The molecule has 0 aliphatic rings. The molecule has 1 rings (SSSR count). The summed E-state index contributed by atoms with van der Waals surface area (Å²) < 4.78 is 10.9. The Hall–Kier alpha value is -2.05. The summed E-state index contributed by atoms with van der Waals surface area (Å²) in [6.45, 7) is 10.2. The SMILES string of the molecule is C=CCOc1cc(CN)cc(CN(CN)C(=O)OC(C)(C)C)c1. The molecule has 6 nitrogen and oxygen atoms in total. The smallest absolute Gasteiger partial charge is 0.411 e. The number of nitrogens with two attached hydrogens (primary N) is 2. The highest BCUT2D eigenvalue weighted by atomic mass is 16.6. The van der Waals surface area contributed by atoms with Crippen LogP contribution in [-0.4, -0.2) is 29.9 Å². The van der Waals surface area contributed by atoms with Crippen molar-refractivity contribution in [3.63, 3.8) is 0 Å². The van der Waals surface area contributed by atoms with Crippen LogP contribution in [0.4, 0.5) is 4.79 Å². The van der Waals surface area contributed by atoms with Gasteiger partial charge in [0, 0.05) is 6.54 Å². The molecule has 0 aliphatic carbocycles. The molecule has 23 heavy (non-hydrogen) atoms. The van der Waals surface area contributed by atoms with Gasteiger partial charge in [-0.05, 0) is 44.0 Å². The van der Waals surface area contributed by atoms with Gasteiger partial charge in [0.25, 0.3) is 0 Å². The first-order valence-corrected chi connectivity index (χ1v) is 7.53. The highest BCUT2D eigenvalue weighted by molar-refractivity contribution is 5.68. The Morgan fingerprint density at radius 1 is 1.26 bits per heavy atom. The summed E-state index contributed by atoms with van der Waals surface area (Å²) in [7, 11) is 0. The standard InChI is InChI=1S/C17H27N3O3/c1-5-6-22-15-8-13(10-18)7-14(9-15)11-20(12-19)16(21)23-17(2,3)4/h5,7-9H,1,6,10-12,18-19H2,2-4H3. The van der Waals surface area contributed by atoms with Gasteiger partial charge in [0.1, 0.15) is 18.0 Å². The fraction of sp³-hybridized carbons (Fsp3) is 0.471. The number of nitrogens with zero attached hydrogens (tertiary/aromatic N) is 1. The minimum Gasteiger partial charge on any atom is -0.490 e. The summed E-state index contributed by atoms with van der Waals surface area (Å²) >= 11 is 0. The maximum atomic E-state index is 12.2. The zero-order valence-corrected chi connectivity index (χ0v) is 14.2. The highest BCUT2D eigenvalue weighted by Gasteiger charge is 2.21. The molecule has 1 amide bonds. The van der Waals surface area contributed by atoms with Crippen LogP contribution in [0, 0.1) is 0 Å². The number of benzene rings is 1. The molecular formula is C17H27N3O3. The lowest BCUT2D eigenvalue weighted by atomic mass is 10.1. The van der Waals surface area contributed by atoms with Gasteiger partial charge in [0.15, 0.2) is 0 Å². The Morgan fingerprint density at radius 2 is 1.91 bits per heavy atom. The van der Waals surface area contributed by atoms with Crippen molar-refractivity contribution in [2.45, 2.75) is 39.5 Å². The lowest BCUT2D eigenvalue weighted by molar-refractivity contribution is 0.0238. The van der Waals surface area contributed by atoms with E-state index in [1.54, 1.807) is 6.08 Å². The van der Waals surface area contributed by atoms with Gasteiger partial charge in [0.2, 0.25) is 0 Å². The van der Waals surface area contributed by atoms with Crippen LogP contribution in [0.3, 0.4) is 0 Å². The van der Waals surface area contributed by atoms with E-state index in [4.69, 9.17) is 20.9 Å². The van der Waals surface area contributed by atoms with Crippen molar-refractivity contribution >= 4 is 6.09 Å². The number of amides is 1. The van der Waals surface area contributed by atoms with Crippen LogP contribution < -0.4 is 16.2 Å². The molecule has 0 bridgehead atoms. The maximum Gasteiger partial charge on any atom is 0.411 e. The first-order chi connectivity index (χ1) is 10.8. The molecule has 0 atom stereocenters. The Kier molecular flexibility index (Phi) is 7.06. The quantitative estimate of drug-likeness (QED) is 0.594. The van der Waals surface area contributed by atoms with Crippen molar-refractivity contribution in [1.29, 1.82) is 0 Å². The number of ether oxygens (including phenoxy) is 2. The average Bonchev–Trinajstić information content (AvgIpc) is 2.48. The minimum atomic E-state index is -0.568. The van der Waals surface area contributed by atoms with Gasteiger partial charge in [-0.1, -0.05) is 18.7 Å². The van der Waals surface area contributed by atoms with E-state index in [1.807, 2.05) is 39.0 Å². The third-order valence-electron chi connectivity index (χ3n) is 2.88. The third-order valence-corrected chi connectivity index (χ3v) is 2.88. The normalized spacial score (nSPS) is 11.0. The monoisotopic (exact) mass is 321 g/mol. The summed E-state index contributed by atoms with van der Waals surface area (Å²) in [5.74, 6) is 0.684. The molecule has 0 spiro atoms. The number of hydrogen-bond acceptors (Lipinski definition) is 5. The first kappa shape index (κ1) is 19.0. The van der Waals surface area contributed by atoms with Gasteiger partial charge >= 0.3 is 6.09 Å². The van der Waals surface area contributed by atoms with Gasteiger partial charge in [-0.25, -0.2) is 4.79 Å². The second-order valence-corrected chi connectivity index (χ2v) is 6.15. The van der Waals surface area contributed by atoms with Crippen LogP contribution >= 0.6 is 0 Å². The summed E-state index contributed by atoms with van der Waals surface area (Å²) in [6, 6.07) is 5.65. The molecule has 0 radical (unpaired) electrons. The van der Waals surface area contributed by atoms with E-state index < -0.39 is 11.7 Å². The molecule has 0 saturated heterocycles. The predicted octanol–water partition coefficient (Wildman–Crippen LogP) is 2.36. The average molecular weight is 321 g/mol. The molecule has 0 saturated carbocycles. The van der Waals surface area contributed by atoms with Crippen molar-refractivity contribution in [3.05, 3.63) is 42.0 Å². The molecule has 4 N–H and O–H groups in total. The molecule has 0 unspecified atom stereocenters. The van der Waals surface area contributed by atoms with Crippen LogP contribution in [-0.2, 0) is 17.8 Å². The van der Waals surface area contributed by atoms with Crippen molar-refractivity contribution in [3.8, 4) is 5.75 Å². The highest BCUT2D eigenvalue weighted by Crippen LogP contribution is 2.19. The lowest BCUT2D eigenvalue weighted by Gasteiger charge is -2.26. The number of rotatable bonds is 7. The molecule has 0 aliphatic heterocycles. The molecule has 128 valence electrons. The third kappa shape index (κ3) is 6.71. The lowest BCUT2D eigenvalue weighted by Crippen LogP contribution is -2.39. The molecule has 6 heteroatoms. The zero-order valence-electron chi connectivity index (χ0n) is 14.2. The molecular weight excluding hydrogens is 294 g/mol. The van der Waals surface area contributed by atoms with Crippen molar-refractivity contribution in [2.24, 2.45) is 11.5 Å². The Labute approximate surface area is 138 Å². The Bertz CT molecular complexity index is 538. The van der Waals surface area contributed by atoms with Gasteiger partial charge in [-0.3, -0.25) is 4.90 Å². The van der Waals surface area contributed by atoms with Crippen LogP contribution in [0.5, 0.6) is 5.75 Å². The summed E-state index contributed by atoms with van der Waals surface area (Å²) in [5, 5.41) is 0. The van der Waals surface area contributed by atoms with Crippen LogP contribution in [0.25, 0.3) is 0 Å². The van der Waals surface area contributed by atoms with E-state index in [2.05, 4.69) is 6.58 Å². The number of carbonyl (C=O) groups is 1. The summed E-state index contributed by atoms with van der Waals surface area (Å²) in [5.41, 5.74) is 12.6. The van der Waals surface area contributed by atoms with E-state index in [9.17, 15) is 4.79 Å². The van der Waals surface area contributed by atoms with E-state index >= 15 is 0 Å². The van der Waals surface area contributed by atoms with Gasteiger partial charge < -0.3 is 20.9 Å². The van der Waals surface area contributed by atoms with Crippen LogP contribution in [0.1, 0.15) is 31.9 Å². The predicted molar refractivity (Wildman–Crippen MR) is 90.9 cm³/mol. The van der Waals surface area contributed by atoms with E-state index in [-0.39, 0.29) is 6.67 Å². The van der Waals surface area contributed by atoms with Crippen LogP contribution in [0.2, 0.25) is 0 Å². The van der Waals surface area contributed by atoms with Crippen molar-refractivity contribution in [2.75, 3.05) is 13.3 Å². The van der Waals surface area contributed by atoms with E-state index in [0.717, 1.165) is 11.1 Å². The fourth-order valence-electron chi connectivity index (χ4n) is 1.93. The number of hydrogen-bond donors (Lipinski definition) is 2. The molecule has 0 heterocycles.